The quantitative estimate of drug-likeness (QED) is 0.657. The number of urea groups is 1. The lowest BCUT2D eigenvalue weighted by Gasteiger charge is -2.14. The third-order valence-corrected chi connectivity index (χ3v) is 3.74. The Kier molecular flexibility index (Phi) is 5.22. The molecule has 5 heteroatoms. The van der Waals surface area contributed by atoms with Crippen molar-refractivity contribution in [3.63, 3.8) is 0 Å². The van der Waals surface area contributed by atoms with Crippen LogP contribution in [0.2, 0.25) is 0 Å². The van der Waals surface area contributed by atoms with Crippen LogP contribution in [-0.2, 0) is 6.42 Å². The zero-order chi connectivity index (χ0) is 15.2. The number of aliphatic hydroxyl groups excluding tert-OH is 1. The molecule has 0 fully saturated rings. The Hall–Kier alpha value is -2.01. The van der Waals surface area contributed by atoms with Crippen molar-refractivity contribution < 1.29 is 9.90 Å². The van der Waals surface area contributed by atoms with E-state index in [2.05, 4.69) is 27.8 Å². The van der Waals surface area contributed by atoms with Gasteiger partial charge in [-0.3, -0.25) is 0 Å². The summed E-state index contributed by atoms with van der Waals surface area (Å²) in [6.45, 7) is 4.51. The smallest absolute Gasteiger partial charge is 0.315 e. The van der Waals surface area contributed by atoms with Crippen LogP contribution in [0.1, 0.15) is 24.6 Å². The summed E-state index contributed by atoms with van der Waals surface area (Å²) in [4.78, 5) is 15.1. The summed E-state index contributed by atoms with van der Waals surface area (Å²) in [5.74, 6) is 0. The predicted molar refractivity (Wildman–Crippen MR) is 84.4 cm³/mol. The van der Waals surface area contributed by atoms with Crippen molar-refractivity contribution in [1.82, 2.24) is 15.6 Å². The number of benzene rings is 1. The van der Waals surface area contributed by atoms with E-state index in [1.54, 1.807) is 0 Å². The van der Waals surface area contributed by atoms with Crippen LogP contribution in [0.4, 0.5) is 4.79 Å². The summed E-state index contributed by atoms with van der Waals surface area (Å²) >= 11 is 0. The number of nitrogens with one attached hydrogen (secondary N) is 3. The second-order valence-electron chi connectivity index (χ2n) is 5.21. The van der Waals surface area contributed by atoms with Crippen molar-refractivity contribution in [3.05, 3.63) is 35.5 Å². The van der Waals surface area contributed by atoms with E-state index in [-0.39, 0.29) is 18.7 Å². The van der Waals surface area contributed by atoms with E-state index in [4.69, 9.17) is 5.11 Å². The summed E-state index contributed by atoms with van der Waals surface area (Å²) in [5, 5.41) is 15.8. The Morgan fingerprint density at radius 1 is 1.38 bits per heavy atom. The van der Waals surface area contributed by atoms with Crippen LogP contribution in [0.25, 0.3) is 10.9 Å². The molecule has 0 aliphatic rings. The molecule has 2 amide bonds. The van der Waals surface area contributed by atoms with Crippen molar-refractivity contribution in [1.29, 1.82) is 0 Å². The van der Waals surface area contributed by atoms with Gasteiger partial charge in [-0.2, -0.15) is 0 Å². The number of carbonyl (C=O) groups excluding carboxylic acids is 1. The highest BCUT2D eigenvalue weighted by atomic mass is 16.3. The lowest BCUT2D eigenvalue weighted by atomic mass is 10.1. The predicted octanol–water partition coefficient (Wildman–Crippen LogP) is 2.09. The standard InChI is InChI=1S/C16H23N3O2/c1-3-12(10-20)19-16(21)17-9-8-13-11(2)18-15-7-5-4-6-14(13)15/h4-7,12,18,20H,3,8-10H2,1-2H3,(H2,17,19,21). The molecule has 2 aromatic rings. The third-order valence-electron chi connectivity index (χ3n) is 3.74. The first-order valence-electron chi connectivity index (χ1n) is 7.37. The highest BCUT2D eigenvalue weighted by molar-refractivity contribution is 5.84. The van der Waals surface area contributed by atoms with Gasteiger partial charge in [-0.05, 0) is 31.4 Å². The minimum atomic E-state index is -0.228. The summed E-state index contributed by atoms with van der Waals surface area (Å²) in [5.41, 5.74) is 3.50. The van der Waals surface area contributed by atoms with Crippen molar-refractivity contribution in [2.45, 2.75) is 32.7 Å². The van der Waals surface area contributed by atoms with Crippen LogP contribution < -0.4 is 10.6 Å². The molecular formula is C16H23N3O2. The third kappa shape index (κ3) is 3.76. The lowest BCUT2D eigenvalue weighted by molar-refractivity contribution is 0.214. The number of aromatic nitrogens is 1. The van der Waals surface area contributed by atoms with Crippen LogP contribution >= 0.6 is 0 Å². The molecule has 2 rings (SSSR count). The minimum absolute atomic E-state index is 0.0362. The Labute approximate surface area is 124 Å². The van der Waals surface area contributed by atoms with E-state index in [0.29, 0.717) is 13.0 Å². The molecule has 1 heterocycles. The fraction of sp³-hybridized carbons (Fsp3) is 0.438. The molecule has 0 saturated heterocycles. The monoisotopic (exact) mass is 289 g/mol. The molecule has 1 unspecified atom stereocenters. The molecule has 21 heavy (non-hydrogen) atoms. The van der Waals surface area contributed by atoms with Gasteiger partial charge >= 0.3 is 6.03 Å². The molecule has 0 radical (unpaired) electrons. The highest BCUT2D eigenvalue weighted by Crippen LogP contribution is 2.21. The van der Waals surface area contributed by atoms with E-state index >= 15 is 0 Å². The largest absolute Gasteiger partial charge is 0.394 e. The van der Waals surface area contributed by atoms with Gasteiger partial charge in [0.15, 0.2) is 0 Å². The zero-order valence-electron chi connectivity index (χ0n) is 12.6. The molecule has 0 aliphatic heterocycles. The van der Waals surface area contributed by atoms with Gasteiger partial charge < -0.3 is 20.7 Å². The van der Waals surface area contributed by atoms with E-state index in [9.17, 15) is 4.79 Å². The zero-order valence-corrected chi connectivity index (χ0v) is 12.6. The van der Waals surface area contributed by atoms with Crippen LogP contribution in [0.5, 0.6) is 0 Å². The molecule has 114 valence electrons. The maximum atomic E-state index is 11.7. The van der Waals surface area contributed by atoms with Crippen LogP contribution in [0, 0.1) is 6.92 Å². The number of para-hydroxylation sites is 1. The van der Waals surface area contributed by atoms with Crippen molar-refractivity contribution in [2.24, 2.45) is 0 Å². The van der Waals surface area contributed by atoms with E-state index in [0.717, 1.165) is 17.6 Å². The van der Waals surface area contributed by atoms with E-state index in [1.807, 2.05) is 26.0 Å². The lowest BCUT2D eigenvalue weighted by Crippen LogP contribution is -2.44. The second kappa shape index (κ2) is 7.13. The summed E-state index contributed by atoms with van der Waals surface area (Å²) in [6, 6.07) is 7.76. The molecule has 1 aromatic heterocycles. The molecule has 0 aliphatic carbocycles. The molecular weight excluding hydrogens is 266 g/mol. The number of carbonyl (C=O) groups is 1. The Morgan fingerprint density at radius 3 is 2.86 bits per heavy atom. The van der Waals surface area contributed by atoms with Gasteiger partial charge in [-0.25, -0.2) is 4.79 Å². The van der Waals surface area contributed by atoms with Crippen molar-refractivity contribution in [3.8, 4) is 0 Å². The Balaban J connectivity index is 1.90. The Morgan fingerprint density at radius 2 is 2.14 bits per heavy atom. The number of hydrogen-bond acceptors (Lipinski definition) is 2. The highest BCUT2D eigenvalue weighted by Gasteiger charge is 2.10. The number of amides is 2. The van der Waals surface area contributed by atoms with Gasteiger partial charge in [0, 0.05) is 23.1 Å². The molecule has 0 spiro atoms. The SMILES string of the molecule is CCC(CO)NC(=O)NCCc1c(C)[nH]c2ccccc12. The molecule has 5 nitrogen and oxygen atoms in total. The first-order chi connectivity index (χ1) is 10.2. The average Bonchev–Trinajstić information content (AvgIpc) is 2.81. The van der Waals surface area contributed by atoms with Gasteiger partial charge in [0.1, 0.15) is 0 Å². The molecule has 0 bridgehead atoms. The number of aliphatic hydroxyl groups is 1. The van der Waals surface area contributed by atoms with Gasteiger partial charge in [-0.1, -0.05) is 25.1 Å². The van der Waals surface area contributed by atoms with E-state index in [1.165, 1.54) is 10.9 Å². The van der Waals surface area contributed by atoms with Crippen LogP contribution in [0.3, 0.4) is 0 Å². The fourth-order valence-corrected chi connectivity index (χ4v) is 2.47. The maximum absolute atomic E-state index is 11.7. The topological polar surface area (TPSA) is 77.2 Å². The van der Waals surface area contributed by atoms with Gasteiger partial charge in [-0.15, -0.1) is 0 Å². The van der Waals surface area contributed by atoms with Gasteiger partial charge in [0.05, 0.1) is 12.6 Å². The van der Waals surface area contributed by atoms with Gasteiger partial charge in [0.2, 0.25) is 0 Å². The first kappa shape index (κ1) is 15.4. The second-order valence-corrected chi connectivity index (χ2v) is 5.21. The Bertz CT molecular complexity index is 603. The van der Waals surface area contributed by atoms with Crippen LogP contribution in [-0.4, -0.2) is 35.3 Å². The van der Waals surface area contributed by atoms with E-state index < -0.39 is 0 Å². The normalized spacial score (nSPS) is 12.3. The molecule has 0 saturated carbocycles. The summed E-state index contributed by atoms with van der Waals surface area (Å²) < 4.78 is 0. The summed E-state index contributed by atoms with van der Waals surface area (Å²) in [7, 11) is 0. The summed E-state index contributed by atoms with van der Waals surface area (Å²) in [6.07, 6.45) is 1.49. The van der Waals surface area contributed by atoms with Crippen LogP contribution in [0.15, 0.2) is 24.3 Å². The minimum Gasteiger partial charge on any atom is -0.394 e. The fourth-order valence-electron chi connectivity index (χ4n) is 2.47. The van der Waals surface area contributed by atoms with Crippen molar-refractivity contribution >= 4 is 16.9 Å². The first-order valence-corrected chi connectivity index (χ1v) is 7.37. The van der Waals surface area contributed by atoms with Gasteiger partial charge in [0.25, 0.3) is 0 Å². The van der Waals surface area contributed by atoms with Crippen molar-refractivity contribution in [2.75, 3.05) is 13.2 Å². The number of aromatic amines is 1. The average molecular weight is 289 g/mol. The molecule has 1 atom stereocenters. The number of H-pyrrole nitrogens is 1. The number of rotatable bonds is 6. The maximum Gasteiger partial charge on any atom is 0.315 e. The number of fused-ring (bicyclic) bond motifs is 1. The molecule has 4 N–H and O–H groups in total. The number of hydrogen-bond donors (Lipinski definition) is 4. The number of aryl methyl sites for hydroxylation is 1. The molecule has 1 aromatic carbocycles.